The second kappa shape index (κ2) is 4.42. The van der Waals surface area contributed by atoms with Crippen LogP contribution in [0.1, 0.15) is 35.1 Å². The number of imidazole rings is 1. The van der Waals surface area contributed by atoms with Crippen molar-refractivity contribution in [3.8, 4) is 0 Å². The lowest BCUT2D eigenvalue weighted by Crippen LogP contribution is -2.00. The third-order valence-corrected chi connectivity index (χ3v) is 3.16. The standard InChI is InChI=1S/C13H14N2O3/c1-17-13(16)8-4-5-9-10(7-8)15-12(14-9)11-3-2-6-18-11/h4-5,7,11H,2-3,6H2,1H3,(H,14,15). The first-order valence-corrected chi connectivity index (χ1v) is 5.97. The number of carbonyl (C=O) groups excluding carboxylic acids is 1. The van der Waals surface area contributed by atoms with Crippen LogP contribution in [0.25, 0.3) is 11.0 Å². The summed E-state index contributed by atoms with van der Waals surface area (Å²) >= 11 is 0. The third kappa shape index (κ3) is 1.86. The highest BCUT2D eigenvalue weighted by atomic mass is 16.5. The van der Waals surface area contributed by atoms with Crippen LogP contribution in [0, 0.1) is 0 Å². The van der Waals surface area contributed by atoms with Gasteiger partial charge in [-0.05, 0) is 31.0 Å². The number of nitrogens with one attached hydrogen (secondary N) is 1. The zero-order valence-electron chi connectivity index (χ0n) is 10.1. The first-order chi connectivity index (χ1) is 8.78. The molecule has 1 aliphatic heterocycles. The summed E-state index contributed by atoms with van der Waals surface area (Å²) in [7, 11) is 1.37. The zero-order valence-corrected chi connectivity index (χ0v) is 10.1. The van der Waals surface area contributed by atoms with Gasteiger partial charge in [0, 0.05) is 6.61 Å². The van der Waals surface area contributed by atoms with E-state index in [0.29, 0.717) is 5.56 Å². The van der Waals surface area contributed by atoms with Gasteiger partial charge in [0.2, 0.25) is 0 Å². The van der Waals surface area contributed by atoms with Gasteiger partial charge in [-0.25, -0.2) is 9.78 Å². The summed E-state index contributed by atoms with van der Waals surface area (Å²) in [5, 5.41) is 0. The highest BCUT2D eigenvalue weighted by Crippen LogP contribution is 2.28. The Hall–Kier alpha value is -1.88. The summed E-state index contributed by atoms with van der Waals surface area (Å²) in [5.41, 5.74) is 2.20. The molecule has 0 aliphatic carbocycles. The summed E-state index contributed by atoms with van der Waals surface area (Å²) in [6.45, 7) is 0.787. The van der Waals surface area contributed by atoms with E-state index in [0.717, 1.165) is 36.3 Å². The van der Waals surface area contributed by atoms with Crippen molar-refractivity contribution in [1.29, 1.82) is 0 Å². The normalized spacial score (nSPS) is 19.3. The molecule has 94 valence electrons. The van der Waals surface area contributed by atoms with Crippen LogP contribution < -0.4 is 0 Å². The number of ether oxygens (including phenoxy) is 2. The van der Waals surface area contributed by atoms with Crippen molar-refractivity contribution >= 4 is 17.0 Å². The second-order valence-corrected chi connectivity index (χ2v) is 4.35. The molecule has 0 radical (unpaired) electrons. The van der Waals surface area contributed by atoms with Crippen LogP contribution in [0.4, 0.5) is 0 Å². The zero-order chi connectivity index (χ0) is 12.5. The van der Waals surface area contributed by atoms with E-state index in [4.69, 9.17) is 9.47 Å². The molecule has 1 unspecified atom stereocenters. The maximum absolute atomic E-state index is 11.4. The van der Waals surface area contributed by atoms with Gasteiger partial charge in [-0.3, -0.25) is 0 Å². The van der Waals surface area contributed by atoms with E-state index in [2.05, 4.69) is 9.97 Å². The van der Waals surface area contributed by atoms with Crippen molar-refractivity contribution in [3.63, 3.8) is 0 Å². The smallest absolute Gasteiger partial charge is 0.337 e. The number of aromatic amines is 1. The fraction of sp³-hybridized carbons (Fsp3) is 0.385. The fourth-order valence-electron chi connectivity index (χ4n) is 2.22. The quantitative estimate of drug-likeness (QED) is 0.825. The average molecular weight is 246 g/mol. The number of aromatic nitrogens is 2. The molecule has 5 nitrogen and oxygen atoms in total. The van der Waals surface area contributed by atoms with E-state index in [1.165, 1.54) is 7.11 Å². The van der Waals surface area contributed by atoms with Crippen LogP contribution in [0.15, 0.2) is 18.2 Å². The Morgan fingerprint density at radius 3 is 3.17 bits per heavy atom. The molecule has 1 atom stereocenters. The van der Waals surface area contributed by atoms with Crippen LogP contribution in [0.2, 0.25) is 0 Å². The van der Waals surface area contributed by atoms with Crippen LogP contribution in [0.5, 0.6) is 0 Å². The number of methoxy groups -OCH3 is 1. The lowest BCUT2D eigenvalue weighted by molar-refractivity contribution is 0.0601. The summed E-state index contributed by atoms with van der Waals surface area (Å²) in [6, 6.07) is 5.29. The average Bonchev–Trinajstić information content (AvgIpc) is 3.04. The molecule has 0 spiro atoms. The Balaban J connectivity index is 1.98. The Morgan fingerprint density at radius 2 is 2.44 bits per heavy atom. The van der Waals surface area contributed by atoms with Gasteiger partial charge in [0.25, 0.3) is 0 Å². The van der Waals surface area contributed by atoms with Gasteiger partial charge in [0.05, 0.1) is 23.7 Å². The molecule has 2 heterocycles. The SMILES string of the molecule is COC(=O)c1ccc2nc(C3CCCO3)[nH]c2c1. The number of nitrogens with zero attached hydrogens (tertiary/aromatic N) is 1. The minimum atomic E-state index is -0.342. The number of fused-ring (bicyclic) bond motifs is 1. The van der Waals surface area contributed by atoms with E-state index in [-0.39, 0.29) is 12.1 Å². The largest absolute Gasteiger partial charge is 0.465 e. The highest BCUT2D eigenvalue weighted by molar-refractivity contribution is 5.93. The topological polar surface area (TPSA) is 64.2 Å². The van der Waals surface area contributed by atoms with Gasteiger partial charge in [-0.2, -0.15) is 0 Å². The van der Waals surface area contributed by atoms with Crippen molar-refractivity contribution in [2.24, 2.45) is 0 Å². The molecule has 1 aromatic carbocycles. The lowest BCUT2D eigenvalue weighted by atomic mass is 10.2. The van der Waals surface area contributed by atoms with Gasteiger partial charge >= 0.3 is 5.97 Å². The Labute approximate surface area is 104 Å². The Bertz CT molecular complexity index is 585. The number of benzene rings is 1. The predicted molar refractivity (Wildman–Crippen MR) is 65.4 cm³/mol. The van der Waals surface area contributed by atoms with Crippen LogP contribution in [0.3, 0.4) is 0 Å². The van der Waals surface area contributed by atoms with Crippen LogP contribution >= 0.6 is 0 Å². The third-order valence-electron chi connectivity index (χ3n) is 3.16. The monoisotopic (exact) mass is 246 g/mol. The van der Waals surface area contributed by atoms with Gasteiger partial charge in [-0.15, -0.1) is 0 Å². The van der Waals surface area contributed by atoms with Crippen molar-refractivity contribution < 1.29 is 14.3 Å². The molecule has 2 aromatic rings. The Kier molecular flexibility index (Phi) is 2.76. The summed E-state index contributed by atoms with van der Waals surface area (Å²) in [6.07, 6.45) is 2.11. The fourth-order valence-corrected chi connectivity index (χ4v) is 2.22. The van der Waals surface area contributed by atoms with Crippen LogP contribution in [-0.2, 0) is 9.47 Å². The molecule has 0 amide bonds. The number of H-pyrrole nitrogens is 1. The molecule has 1 fully saturated rings. The molecule has 3 rings (SSSR count). The molecular formula is C13H14N2O3. The molecule has 5 heteroatoms. The minimum Gasteiger partial charge on any atom is -0.465 e. The van der Waals surface area contributed by atoms with Crippen molar-refractivity contribution in [2.75, 3.05) is 13.7 Å². The van der Waals surface area contributed by atoms with E-state index < -0.39 is 0 Å². The van der Waals surface area contributed by atoms with Crippen molar-refractivity contribution in [2.45, 2.75) is 18.9 Å². The minimum absolute atomic E-state index is 0.0546. The number of hydrogen-bond donors (Lipinski definition) is 1. The molecular weight excluding hydrogens is 232 g/mol. The Morgan fingerprint density at radius 1 is 1.56 bits per heavy atom. The van der Waals surface area contributed by atoms with Crippen LogP contribution in [-0.4, -0.2) is 29.7 Å². The second-order valence-electron chi connectivity index (χ2n) is 4.35. The maximum Gasteiger partial charge on any atom is 0.337 e. The van der Waals surface area contributed by atoms with Crippen molar-refractivity contribution in [1.82, 2.24) is 9.97 Å². The van der Waals surface area contributed by atoms with E-state index in [9.17, 15) is 4.79 Å². The summed E-state index contributed by atoms with van der Waals surface area (Å²) in [4.78, 5) is 19.1. The molecule has 1 saturated heterocycles. The molecule has 1 aliphatic rings. The lowest BCUT2D eigenvalue weighted by Gasteiger charge is -2.03. The predicted octanol–water partition coefficient (Wildman–Crippen LogP) is 2.20. The van der Waals surface area contributed by atoms with Gasteiger partial charge < -0.3 is 14.5 Å². The van der Waals surface area contributed by atoms with Gasteiger partial charge in [-0.1, -0.05) is 0 Å². The molecule has 18 heavy (non-hydrogen) atoms. The van der Waals surface area contributed by atoms with Crippen molar-refractivity contribution in [3.05, 3.63) is 29.6 Å². The first-order valence-electron chi connectivity index (χ1n) is 5.97. The number of rotatable bonds is 2. The highest BCUT2D eigenvalue weighted by Gasteiger charge is 2.21. The maximum atomic E-state index is 11.4. The van der Waals surface area contributed by atoms with E-state index >= 15 is 0 Å². The van der Waals surface area contributed by atoms with E-state index in [1.54, 1.807) is 12.1 Å². The molecule has 1 N–H and O–H groups in total. The van der Waals surface area contributed by atoms with E-state index in [1.807, 2.05) is 6.07 Å². The van der Waals surface area contributed by atoms with Gasteiger partial charge in [0.15, 0.2) is 0 Å². The number of hydrogen-bond acceptors (Lipinski definition) is 4. The summed E-state index contributed by atoms with van der Waals surface area (Å²) in [5.74, 6) is 0.495. The number of esters is 1. The first kappa shape index (κ1) is 11.2. The number of carbonyl (C=O) groups is 1. The molecule has 0 bridgehead atoms. The summed E-state index contributed by atoms with van der Waals surface area (Å²) < 4.78 is 10.3. The molecule has 1 aromatic heterocycles. The molecule has 0 saturated carbocycles. The van der Waals surface area contributed by atoms with Gasteiger partial charge in [0.1, 0.15) is 11.9 Å².